The van der Waals surface area contributed by atoms with E-state index in [0.29, 0.717) is 5.56 Å². The molecule has 0 saturated carbocycles. The number of hydrogen-bond donors (Lipinski definition) is 1. The molecule has 0 aliphatic rings. The summed E-state index contributed by atoms with van der Waals surface area (Å²) in [5.41, 5.74) is 0.504. The van der Waals surface area contributed by atoms with E-state index in [0.717, 1.165) is 6.07 Å². The molecular weight excluding hydrogens is 267 g/mol. The topological polar surface area (TPSA) is 83.6 Å². The molecule has 1 N–H and O–H groups in total. The third-order valence-electron chi connectivity index (χ3n) is 2.60. The number of hydrogen-bond acceptors (Lipinski definition) is 4. The third kappa shape index (κ3) is 3.00. The molecule has 20 heavy (non-hydrogen) atoms. The zero-order chi connectivity index (χ0) is 14.7. The average Bonchev–Trinajstić information content (AvgIpc) is 2.87. The molecule has 0 radical (unpaired) electrons. The second kappa shape index (κ2) is 5.52. The molecule has 1 amide bonds. The minimum Gasteiger partial charge on any atom is -0.475 e. The van der Waals surface area contributed by atoms with Gasteiger partial charge in [-0.2, -0.15) is 0 Å². The molecule has 2 rings (SSSR count). The fourth-order valence-corrected chi connectivity index (χ4v) is 1.65. The Kier molecular flexibility index (Phi) is 3.79. The molecule has 0 fully saturated rings. The molecule has 7 heteroatoms. The van der Waals surface area contributed by atoms with E-state index in [1.54, 1.807) is 12.1 Å². The normalized spacial score (nSPS) is 10.3. The van der Waals surface area contributed by atoms with Gasteiger partial charge < -0.3 is 14.5 Å². The van der Waals surface area contributed by atoms with Crippen LogP contribution in [0.2, 0.25) is 0 Å². The summed E-state index contributed by atoms with van der Waals surface area (Å²) in [6.45, 7) is 0.172. The maximum atomic E-state index is 13.0. The summed E-state index contributed by atoms with van der Waals surface area (Å²) in [5, 5.41) is 12.1. The molecule has 2 aromatic rings. The highest BCUT2D eigenvalue weighted by Gasteiger charge is 2.19. The van der Waals surface area contributed by atoms with Gasteiger partial charge in [0, 0.05) is 19.7 Å². The van der Waals surface area contributed by atoms with Gasteiger partial charge in [0.25, 0.3) is 5.91 Å². The van der Waals surface area contributed by atoms with Crippen LogP contribution in [0.3, 0.4) is 0 Å². The first kappa shape index (κ1) is 13.7. The Balaban J connectivity index is 2.10. The van der Waals surface area contributed by atoms with Gasteiger partial charge in [-0.25, -0.2) is 9.18 Å². The van der Waals surface area contributed by atoms with Crippen molar-refractivity contribution in [3.05, 3.63) is 53.2 Å². The predicted octanol–water partition coefficient (Wildman–Crippen LogP) is 1.78. The van der Waals surface area contributed by atoms with Crippen LogP contribution in [-0.4, -0.2) is 34.1 Å². The molecule has 0 aliphatic carbocycles. The van der Waals surface area contributed by atoms with Crippen molar-refractivity contribution in [1.29, 1.82) is 0 Å². The van der Waals surface area contributed by atoms with Gasteiger partial charge in [0.1, 0.15) is 5.82 Å². The maximum Gasteiger partial charge on any atom is 0.374 e. The monoisotopic (exact) mass is 278 g/mol. The lowest BCUT2D eigenvalue weighted by molar-refractivity contribution is 0.0649. The van der Waals surface area contributed by atoms with Crippen LogP contribution in [0.1, 0.15) is 26.6 Å². The number of carboxylic acids is 1. The number of nitrogens with zero attached hydrogens (tertiary/aromatic N) is 2. The maximum absolute atomic E-state index is 13.0. The van der Waals surface area contributed by atoms with E-state index >= 15 is 0 Å². The highest BCUT2D eigenvalue weighted by Crippen LogP contribution is 2.10. The number of aromatic nitrogens is 1. The fraction of sp³-hybridized carbons (Fsp3) is 0.154. The average molecular weight is 278 g/mol. The minimum absolute atomic E-state index is 0.110. The molecule has 1 aromatic carbocycles. The van der Waals surface area contributed by atoms with Crippen LogP contribution in [0.15, 0.2) is 34.9 Å². The number of carbonyl (C=O) groups is 2. The third-order valence-corrected chi connectivity index (χ3v) is 2.60. The van der Waals surface area contributed by atoms with Crippen molar-refractivity contribution in [2.24, 2.45) is 0 Å². The molecule has 104 valence electrons. The van der Waals surface area contributed by atoms with Gasteiger partial charge >= 0.3 is 5.97 Å². The van der Waals surface area contributed by atoms with E-state index in [1.165, 1.54) is 24.1 Å². The Bertz CT molecular complexity index is 653. The second-order valence-corrected chi connectivity index (χ2v) is 4.17. The van der Waals surface area contributed by atoms with Crippen LogP contribution < -0.4 is 0 Å². The van der Waals surface area contributed by atoms with Crippen LogP contribution >= 0.6 is 0 Å². The zero-order valence-corrected chi connectivity index (χ0v) is 10.5. The zero-order valence-electron chi connectivity index (χ0n) is 10.5. The SMILES string of the molecule is CN(Cc1cccc(F)c1)C(=O)c1cc(C(=O)O)on1. The van der Waals surface area contributed by atoms with Crippen LogP contribution in [0, 0.1) is 5.82 Å². The van der Waals surface area contributed by atoms with Crippen molar-refractivity contribution in [2.75, 3.05) is 7.05 Å². The van der Waals surface area contributed by atoms with Gasteiger partial charge in [-0.1, -0.05) is 17.3 Å². The first-order valence-corrected chi connectivity index (χ1v) is 5.67. The molecule has 0 atom stereocenters. The number of amides is 1. The molecule has 0 saturated heterocycles. The molecule has 1 heterocycles. The Hall–Kier alpha value is -2.70. The summed E-state index contributed by atoms with van der Waals surface area (Å²) >= 11 is 0. The Morgan fingerprint density at radius 3 is 2.75 bits per heavy atom. The van der Waals surface area contributed by atoms with E-state index in [4.69, 9.17) is 5.11 Å². The van der Waals surface area contributed by atoms with E-state index in [1.807, 2.05) is 0 Å². The summed E-state index contributed by atoms with van der Waals surface area (Å²) in [4.78, 5) is 23.9. The summed E-state index contributed by atoms with van der Waals surface area (Å²) in [6, 6.07) is 6.89. The van der Waals surface area contributed by atoms with Crippen molar-refractivity contribution in [2.45, 2.75) is 6.54 Å². The Morgan fingerprint density at radius 1 is 1.40 bits per heavy atom. The van der Waals surface area contributed by atoms with Gasteiger partial charge in [-0.15, -0.1) is 0 Å². The summed E-state index contributed by atoms with van der Waals surface area (Å²) in [6.07, 6.45) is 0. The predicted molar refractivity (Wildman–Crippen MR) is 65.7 cm³/mol. The number of halogens is 1. The Labute approximate surface area is 113 Å². The summed E-state index contributed by atoms with van der Waals surface area (Å²) in [7, 11) is 1.50. The van der Waals surface area contributed by atoms with E-state index in [-0.39, 0.29) is 12.2 Å². The molecule has 6 nitrogen and oxygen atoms in total. The minimum atomic E-state index is -1.30. The summed E-state index contributed by atoms with van der Waals surface area (Å²) in [5.74, 6) is -2.61. The Morgan fingerprint density at radius 2 is 2.15 bits per heavy atom. The fourth-order valence-electron chi connectivity index (χ4n) is 1.65. The number of carboxylic acid groups (broad SMARTS) is 1. The van der Waals surface area contributed by atoms with Gasteiger partial charge in [0.15, 0.2) is 5.69 Å². The molecule has 0 unspecified atom stereocenters. The highest BCUT2D eigenvalue weighted by atomic mass is 19.1. The molecule has 0 bridgehead atoms. The summed E-state index contributed by atoms with van der Waals surface area (Å²) < 4.78 is 17.5. The first-order chi connectivity index (χ1) is 9.47. The van der Waals surface area contributed by atoms with Gasteiger partial charge in [0.05, 0.1) is 0 Å². The second-order valence-electron chi connectivity index (χ2n) is 4.17. The van der Waals surface area contributed by atoms with E-state index in [2.05, 4.69) is 9.68 Å². The van der Waals surface area contributed by atoms with Crippen LogP contribution in [-0.2, 0) is 6.54 Å². The number of aromatic carboxylic acids is 1. The van der Waals surface area contributed by atoms with Crippen molar-refractivity contribution < 1.29 is 23.6 Å². The van der Waals surface area contributed by atoms with Crippen LogP contribution in [0.5, 0.6) is 0 Å². The lowest BCUT2D eigenvalue weighted by Gasteiger charge is -2.15. The van der Waals surface area contributed by atoms with Gasteiger partial charge in [0.2, 0.25) is 5.76 Å². The molecule has 0 spiro atoms. The lowest BCUT2D eigenvalue weighted by Crippen LogP contribution is -2.26. The van der Waals surface area contributed by atoms with Crippen molar-refractivity contribution >= 4 is 11.9 Å². The molecular formula is C13H11FN2O4. The van der Waals surface area contributed by atoms with Gasteiger partial charge in [-0.05, 0) is 17.7 Å². The first-order valence-electron chi connectivity index (χ1n) is 5.67. The van der Waals surface area contributed by atoms with Crippen molar-refractivity contribution in [3.63, 3.8) is 0 Å². The van der Waals surface area contributed by atoms with Crippen molar-refractivity contribution in [3.8, 4) is 0 Å². The van der Waals surface area contributed by atoms with Crippen LogP contribution in [0.25, 0.3) is 0 Å². The quantitative estimate of drug-likeness (QED) is 0.921. The largest absolute Gasteiger partial charge is 0.475 e. The molecule has 1 aromatic heterocycles. The highest BCUT2D eigenvalue weighted by molar-refractivity contribution is 5.94. The van der Waals surface area contributed by atoms with E-state index < -0.39 is 23.5 Å². The number of rotatable bonds is 4. The smallest absolute Gasteiger partial charge is 0.374 e. The van der Waals surface area contributed by atoms with Gasteiger partial charge in [-0.3, -0.25) is 4.79 Å². The molecule has 0 aliphatic heterocycles. The number of carbonyl (C=O) groups excluding carboxylic acids is 1. The van der Waals surface area contributed by atoms with E-state index in [9.17, 15) is 14.0 Å². The lowest BCUT2D eigenvalue weighted by atomic mass is 10.2. The number of benzene rings is 1. The van der Waals surface area contributed by atoms with Crippen LogP contribution in [0.4, 0.5) is 4.39 Å². The van der Waals surface area contributed by atoms with Crippen molar-refractivity contribution in [1.82, 2.24) is 10.1 Å². The standard InChI is InChI=1S/C13H11FN2O4/c1-16(7-8-3-2-4-9(14)5-8)12(17)10-6-11(13(18)19)20-15-10/h2-6H,7H2,1H3,(H,18,19).